The maximum Gasteiger partial charge on any atom is 0.225 e. The van der Waals surface area contributed by atoms with Gasteiger partial charge in [-0.2, -0.15) is 0 Å². The van der Waals surface area contributed by atoms with Crippen LogP contribution in [-0.4, -0.2) is 41.9 Å². The van der Waals surface area contributed by atoms with Crippen LogP contribution in [-0.2, 0) is 16.1 Å². The zero-order chi connectivity index (χ0) is 16.2. The molecule has 0 saturated carbocycles. The average molecular weight is 352 g/mol. The fourth-order valence-corrected chi connectivity index (χ4v) is 3.49. The maximum absolute atomic E-state index is 12.5. The quantitative estimate of drug-likeness (QED) is 0.868. The van der Waals surface area contributed by atoms with Crippen molar-refractivity contribution in [2.75, 3.05) is 13.1 Å². The lowest BCUT2D eigenvalue weighted by Crippen LogP contribution is -2.48. The molecule has 2 fully saturated rings. The smallest absolute Gasteiger partial charge is 0.225 e. The van der Waals surface area contributed by atoms with Gasteiger partial charge in [-0.1, -0.05) is 30.3 Å². The molecule has 2 aliphatic rings. The van der Waals surface area contributed by atoms with Gasteiger partial charge in [0.25, 0.3) is 0 Å². The normalized spacial score (nSPS) is 26.8. The number of piperidine rings is 1. The molecule has 2 N–H and O–H groups in total. The lowest BCUT2D eigenvalue weighted by Gasteiger charge is -2.29. The van der Waals surface area contributed by atoms with E-state index in [1.807, 2.05) is 30.3 Å². The van der Waals surface area contributed by atoms with Crippen LogP contribution in [0.1, 0.15) is 31.7 Å². The summed E-state index contributed by atoms with van der Waals surface area (Å²) in [5.41, 5.74) is 1.11. The van der Waals surface area contributed by atoms with Gasteiger partial charge in [-0.05, 0) is 31.9 Å². The van der Waals surface area contributed by atoms with Crippen molar-refractivity contribution in [1.29, 1.82) is 0 Å². The van der Waals surface area contributed by atoms with Crippen molar-refractivity contribution in [3.63, 3.8) is 0 Å². The molecule has 6 heteroatoms. The molecule has 2 amide bonds. The van der Waals surface area contributed by atoms with Gasteiger partial charge in [0.15, 0.2) is 0 Å². The Morgan fingerprint density at radius 3 is 2.79 bits per heavy atom. The van der Waals surface area contributed by atoms with Crippen LogP contribution in [0, 0.1) is 5.92 Å². The third-order valence-corrected chi connectivity index (χ3v) is 4.77. The molecular weight excluding hydrogens is 326 g/mol. The highest BCUT2D eigenvalue weighted by Gasteiger charge is 2.35. The first kappa shape index (κ1) is 18.7. The Hall–Kier alpha value is -1.59. The molecule has 0 aromatic heterocycles. The molecule has 3 atom stereocenters. The highest BCUT2D eigenvalue weighted by Crippen LogP contribution is 2.21. The molecule has 2 heterocycles. The van der Waals surface area contributed by atoms with Crippen molar-refractivity contribution >= 4 is 24.2 Å². The zero-order valence-electron chi connectivity index (χ0n) is 14.0. The van der Waals surface area contributed by atoms with Gasteiger partial charge in [0.1, 0.15) is 0 Å². The van der Waals surface area contributed by atoms with Crippen LogP contribution in [0.2, 0.25) is 0 Å². The fourth-order valence-electron chi connectivity index (χ4n) is 3.49. The van der Waals surface area contributed by atoms with Crippen LogP contribution in [0.4, 0.5) is 0 Å². The summed E-state index contributed by atoms with van der Waals surface area (Å²) in [6.45, 7) is 4.20. The number of carbonyl (C=O) groups is 2. The minimum atomic E-state index is -0.212. The van der Waals surface area contributed by atoms with Gasteiger partial charge in [0.2, 0.25) is 11.8 Å². The van der Waals surface area contributed by atoms with E-state index in [1.165, 1.54) is 0 Å². The molecule has 3 unspecified atom stereocenters. The number of nitrogens with zero attached hydrogens (tertiary/aromatic N) is 1. The van der Waals surface area contributed by atoms with E-state index in [-0.39, 0.29) is 36.2 Å². The fraction of sp³-hybridized carbons (Fsp3) is 0.556. The SMILES string of the molecule is CC1CC(NC(=O)C2CC(=O)N(Cc3ccccc3)C2)CCN1.Cl. The number of likely N-dealkylation sites (tertiary alicyclic amines) is 1. The van der Waals surface area contributed by atoms with E-state index in [9.17, 15) is 9.59 Å². The Bertz CT molecular complexity index is 567. The molecule has 1 aromatic rings. The molecule has 2 saturated heterocycles. The van der Waals surface area contributed by atoms with Crippen LogP contribution < -0.4 is 10.6 Å². The van der Waals surface area contributed by atoms with Gasteiger partial charge < -0.3 is 15.5 Å². The van der Waals surface area contributed by atoms with E-state index in [4.69, 9.17) is 0 Å². The number of halogens is 1. The van der Waals surface area contributed by atoms with Gasteiger partial charge in [0.05, 0.1) is 5.92 Å². The summed E-state index contributed by atoms with van der Waals surface area (Å²) in [5, 5.41) is 6.52. The number of hydrogen-bond acceptors (Lipinski definition) is 3. The van der Waals surface area contributed by atoms with Crippen LogP contribution in [0.15, 0.2) is 30.3 Å². The summed E-state index contributed by atoms with van der Waals surface area (Å²) in [6.07, 6.45) is 2.25. The van der Waals surface area contributed by atoms with Gasteiger partial charge in [-0.25, -0.2) is 0 Å². The van der Waals surface area contributed by atoms with E-state index in [0.717, 1.165) is 24.9 Å². The van der Waals surface area contributed by atoms with Crippen molar-refractivity contribution in [2.45, 2.75) is 44.8 Å². The molecule has 0 aliphatic carbocycles. The Kier molecular flexibility index (Phi) is 6.63. The molecule has 5 nitrogen and oxygen atoms in total. The van der Waals surface area contributed by atoms with Gasteiger partial charge >= 0.3 is 0 Å². The molecule has 24 heavy (non-hydrogen) atoms. The number of nitrogens with one attached hydrogen (secondary N) is 2. The monoisotopic (exact) mass is 351 g/mol. The molecule has 2 aliphatic heterocycles. The van der Waals surface area contributed by atoms with Gasteiger partial charge in [-0.15, -0.1) is 12.4 Å². The zero-order valence-corrected chi connectivity index (χ0v) is 14.8. The minimum absolute atomic E-state index is 0. The molecular formula is C18H26ClN3O2. The third-order valence-electron chi connectivity index (χ3n) is 4.77. The Morgan fingerprint density at radius 2 is 2.08 bits per heavy atom. The van der Waals surface area contributed by atoms with Crippen molar-refractivity contribution in [1.82, 2.24) is 15.5 Å². The number of amides is 2. The number of rotatable bonds is 4. The molecule has 0 bridgehead atoms. The summed E-state index contributed by atoms with van der Waals surface area (Å²) < 4.78 is 0. The second-order valence-corrected chi connectivity index (χ2v) is 6.75. The van der Waals surface area contributed by atoms with Crippen molar-refractivity contribution < 1.29 is 9.59 Å². The summed E-state index contributed by atoms with van der Waals surface area (Å²) in [4.78, 5) is 26.4. The first-order valence-corrected chi connectivity index (χ1v) is 8.47. The van der Waals surface area contributed by atoms with Crippen molar-refractivity contribution in [3.05, 3.63) is 35.9 Å². The van der Waals surface area contributed by atoms with Crippen molar-refractivity contribution in [2.24, 2.45) is 5.92 Å². The number of carbonyl (C=O) groups excluding carboxylic acids is 2. The maximum atomic E-state index is 12.5. The molecule has 3 rings (SSSR count). The first-order chi connectivity index (χ1) is 11.1. The number of hydrogen-bond donors (Lipinski definition) is 2. The molecule has 0 spiro atoms. The van der Waals surface area contributed by atoms with E-state index < -0.39 is 0 Å². The highest BCUT2D eigenvalue weighted by atomic mass is 35.5. The standard InChI is InChI=1S/C18H25N3O2.ClH/c1-13-9-16(7-8-19-13)20-18(23)15-10-17(22)21(12-15)11-14-5-3-2-4-6-14;/h2-6,13,15-16,19H,7-12H2,1H3,(H,20,23);1H. The minimum Gasteiger partial charge on any atom is -0.353 e. The summed E-state index contributed by atoms with van der Waals surface area (Å²) >= 11 is 0. The largest absolute Gasteiger partial charge is 0.353 e. The van der Waals surface area contributed by atoms with Gasteiger partial charge in [0, 0.05) is 31.6 Å². The Balaban J connectivity index is 0.00000208. The Labute approximate surface area is 149 Å². The predicted octanol–water partition coefficient (Wildman–Crippen LogP) is 1.71. The Morgan fingerprint density at radius 1 is 1.33 bits per heavy atom. The number of benzene rings is 1. The molecule has 1 aromatic carbocycles. The predicted molar refractivity (Wildman–Crippen MR) is 95.8 cm³/mol. The van der Waals surface area contributed by atoms with Crippen LogP contribution in [0.25, 0.3) is 0 Å². The summed E-state index contributed by atoms with van der Waals surface area (Å²) in [6, 6.07) is 10.6. The first-order valence-electron chi connectivity index (χ1n) is 8.47. The van der Waals surface area contributed by atoms with E-state index in [2.05, 4.69) is 17.6 Å². The van der Waals surface area contributed by atoms with Crippen molar-refractivity contribution in [3.8, 4) is 0 Å². The topological polar surface area (TPSA) is 61.4 Å². The summed E-state index contributed by atoms with van der Waals surface area (Å²) in [7, 11) is 0. The van der Waals surface area contributed by atoms with E-state index >= 15 is 0 Å². The van der Waals surface area contributed by atoms with E-state index in [1.54, 1.807) is 4.90 Å². The highest BCUT2D eigenvalue weighted by molar-refractivity contribution is 5.89. The van der Waals surface area contributed by atoms with Crippen LogP contribution in [0.5, 0.6) is 0 Å². The molecule has 0 radical (unpaired) electrons. The summed E-state index contributed by atoms with van der Waals surface area (Å²) in [5.74, 6) is -0.0999. The lowest BCUT2D eigenvalue weighted by atomic mass is 9.99. The van der Waals surface area contributed by atoms with E-state index in [0.29, 0.717) is 25.6 Å². The van der Waals surface area contributed by atoms with Crippen LogP contribution >= 0.6 is 12.4 Å². The van der Waals surface area contributed by atoms with Gasteiger partial charge in [-0.3, -0.25) is 9.59 Å². The third kappa shape index (κ3) is 4.71. The average Bonchev–Trinajstić information content (AvgIpc) is 2.89. The second-order valence-electron chi connectivity index (χ2n) is 6.75. The molecule has 132 valence electrons. The second kappa shape index (κ2) is 8.49. The lowest BCUT2D eigenvalue weighted by molar-refractivity contribution is -0.129. The van der Waals surface area contributed by atoms with Crippen LogP contribution in [0.3, 0.4) is 0 Å².